The average molecular weight is 306 g/mol. The first-order chi connectivity index (χ1) is 10.2. The quantitative estimate of drug-likeness (QED) is 0.764. The molecule has 0 amide bonds. The van der Waals surface area contributed by atoms with Crippen LogP contribution in [-0.4, -0.2) is 33.8 Å². The van der Waals surface area contributed by atoms with Crippen molar-refractivity contribution in [3.05, 3.63) is 11.4 Å². The summed E-state index contributed by atoms with van der Waals surface area (Å²) in [6.07, 6.45) is 5.00. The van der Waals surface area contributed by atoms with E-state index in [2.05, 4.69) is 27.5 Å². The summed E-state index contributed by atoms with van der Waals surface area (Å²) in [7, 11) is 0. The van der Waals surface area contributed by atoms with E-state index in [0.29, 0.717) is 12.5 Å². The fourth-order valence-electron chi connectivity index (χ4n) is 2.76. The standard InChI is InChI=1S/C15H22N4OS/c1-2-8-16-14-18-12(11-5-9-21-13(11)19-14)17-10-15(20)6-3-4-7-15/h5,9,20H,2-4,6-8,10H2,1H3,(H2,16,17,18,19). The number of fused-ring (bicyclic) bond motifs is 1. The lowest BCUT2D eigenvalue weighted by molar-refractivity contribution is 0.0614. The maximum Gasteiger partial charge on any atom is 0.226 e. The number of nitrogens with one attached hydrogen (secondary N) is 2. The molecule has 0 bridgehead atoms. The summed E-state index contributed by atoms with van der Waals surface area (Å²) in [6.45, 7) is 3.54. The molecule has 2 aromatic heterocycles. The predicted molar refractivity (Wildman–Crippen MR) is 88.1 cm³/mol. The molecule has 3 N–H and O–H groups in total. The molecule has 1 aliphatic rings. The Morgan fingerprint density at radius 1 is 1.29 bits per heavy atom. The average Bonchev–Trinajstić information content (AvgIpc) is 3.12. The first-order valence-electron chi connectivity index (χ1n) is 7.65. The van der Waals surface area contributed by atoms with E-state index in [1.807, 2.05) is 11.4 Å². The molecule has 3 rings (SSSR count). The molecule has 0 saturated heterocycles. The van der Waals surface area contributed by atoms with Crippen LogP contribution in [0.2, 0.25) is 0 Å². The molecule has 0 unspecified atom stereocenters. The highest BCUT2D eigenvalue weighted by atomic mass is 32.1. The number of nitrogens with zero attached hydrogens (tertiary/aromatic N) is 2. The number of rotatable bonds is 6. The van der Waals surface area contributed by atoms with Gasteiger partial charge in [0.15, 0.2) is 0 Å². The molecule has 0 spiro atoms. The Labute approximate surface area is 128 Å². The van der Waals surface area contributed by atoms with Crippen molar-refractivity contribution in [2.24, 2.45) is 0 Å². The van der Waals surface area contributed by atoms with Crippen LogP contribution in [0.1, 0.15) is 39.0 Å². The molecule has 0 atom stereocenters. The maximum absolute atomic E-state index is 10.5. The summed E-state index contributed by atoms with van der Waals surface area (Å²) >= 11 is 1.61. The monoisotopic (exact) mass is 306 g/mol. The lowest BCUT2D eigenvalue weighted by atomic mass is 10.0. The normalized spacial score (nSPS) is 17.2. The van der Waals surface area contributed by atoms with Gasteiger partial charge in [0.1, 0.15) is 10.6 Å². The van der Waals surface area contributed by atoms with E-state index in [0.717, 1.165) is 54.7 Å². The molecule has 0 aliphatic heterocycles. The van der Waals surface area contributed by atoms with Gasteiger partial charge in [-0.1, -0.05) is 19.8 Å². The summed E-state index contributed by atoms with van der Waals surface area (Å²) in [5.74, 6) is 1.48. The number of hydrogen-bond acceptors (Lipinski definition) is 6. The van der Waals surface area contributed by atoms with Crippen LogP contribution in [0.4, 0.5) is 11.8 Å². The molecule has 0 aromatic carbocycles. The lowest BCUT2D eigenvalue weighted by Gasteiger charge is -2.23. The van der Waals surface area contributed by atoms with Gasteiger partial charge in [-0.05, 0) is 30.7 Å². The number of thiophene rings is 1. The van der Waals surface area contributed by atoms with Crippen LogP contribution in [-0.2, 0) is 0 Å². The molecule has 21 heavy (non-hydrogen) atoms. The fraction of sp³-hybridized carbons (Fsp3) is 0.600. The third-order valence-electron chi connectivity index (χ3n) is 3.98. The SMILES string of the molecule is CCCNc1nc(NCC2(O)CCCC2)c2ccsc2n1. The Morgan fingerprint density at radius 3 is 2.86 bits per heavy atom. The van der Waals surface area contributed by atoms with E-state index < -0.39 is 5.60 Å². The second kappa shape index (κ2) is 6.15. The van der Waals surface area contributed by atoms with Gasteiger partial charge in [-0.25, -0.2) is 4.98 Å². The summed E-state index contributed by atoms with van der Waals surface area (Å²) in [5.41, 5.74) is -0.579. The highest BCUT2D eigenvalue weighted by Gasteiger charge is 2.31. The van der Waals surface area contributed by atoms with Gasteiger partial charge >= 0.3 is 0 Å². The lowest BCUT2D eigenvalue weighted by Crippen LogP contribution is -2.33. The van der Waals surface area contributed by atoms with Crippen molar-refractivity contribution in [3.63, 3.8) is 0 Å². The van der Waals surface area contributed by atoms with E-state index in [4.69, 9.17) is 0 Å². The van der Waals surface area contributed by atoms with Crippen LogP contribution in [0.5, 0.6) is 0 Å². The molecule has 0 radical (unpaired) electrons. The zero-order valence-corrected chi connectivity index (χ0v) is 13.2. The van der Waals surface area contributed by atoms with Gasteiger partial charge in [0.05, 0.1) is 11.0 Å². The van der Waals surface area contributed by atoms with Gasteiger partial charge < -0.3 is 15.7 Å². The second-order valence-electron chi connectivity index (χ2n) is 5.75. The van der Waals surface area contributed by atoms with Crippen LogP contribution in [0.15, 0.2) is 11.4 Å². The molecular weight excluding hydrogens is 284 g/mol. The Hall–Kier alpha value is -1.40. The Balaban J connectivity index is 1.80. The first kappa shape index (κ1) is 14.5. The molecule has 1 fully saturated rings. The van der Waals surface area contributed by atoms with Crippen molar-refractivity contribution in [2.75, 3.05) is 23.7 Å². The van der Waals surface area contributed by atoms with Crippen molar-refractivity contribution in [2.45, 2.75) is 44.6 Å². The molecular formula is C15H22N4OS. The number of hydrogen-bond donors (Lipinski definition) is 3. The van der Waals surface area contributed by atoms with E-state index >= 15 is 0 Å². The highest BCUT2D eigenvalue weighted by Crippen LogP contribution is 2.31. The number of aromatic nitrogens is 2. The molecule has 2 aromatic rings. The number of anilines is 2. The summed E-state index contributed by atoms with van der Waals surface area (Å²) in [6, 6.07) is 2.03. The number of aliphatic hydroxyl groups is 1. The first-order valence-corrected chi connectivity index (χ1v) is 8.53. The van der Waals surface area contributed by atoms with Gasteiger partial charge in [-0.15, -0.1) is 11.3 Å². The zero-order valence-electron chi connectivity index (χ0n) is 12.4. The summed E-state index contributed by atoms with van der Waals surface area (Å²) in [4.78, 5) is 10.1. The zero-order chi connectivity index (χ0) is 14.7. The van der Waals surface area contributed by atoms with Crippen molar-refractivity contribution in [3.8, 4) is 0 Å². The highest BCUT2D eigenvalue weighted by molar-refractivity contribution is 7.16. The van der Waals surface area contributed by atoms with Gasteiger partial charge in [-0.2, -0.15) is 4.98 Å². The van der Waals surface area contributed by atoms with Crippen LogP contribution in [0, 0.1) is 0 Å². The van der Waals surface area contributed by atoms with Crippen molar-refractivity contribution >= 4 is 33.3 Å². The largest absolute Gasteiger partial charge is 0.388 e. The van der Waals surface area contributed by atoms with E-state index in [1.165, 1.54) is 0 Å². The Morgan fingerprint density at radius 2 is 2.10 bits per heavy atom. The second-order valence-corrected chi connectivity index (χ2v) is 6.64. The molecule has 5 nitrogen and oxygen atoms in total. The van der Waals surface area contributed by atoms with E-state index in [9.17, 15) is 5.11 Å². The van der Waals surface area contributed by atoms with Crippen LogP contribution in [0.3, 0.4) is 0 Å². The topological polar surface area (TPSA) is 70.1 Å². The van der Waals surface area contributed by atoms with Crippen LogP contribution in [0.25, 0.3) is 10.2 Å². The Kier molecular flexibility index (Phi) is 4.26. The van der Waals surface area contributed by atoms with Gasteiger partial charge in [0.2, 0.25) is 5.95 Å². The van der Waals surface area contributed by atoms with Crippen molar-refractivity contribution in [1.82, 2.24) is 9.97 Å². The fourth-order valence-corrected chi connectivity index (χ4v) is 3.53. The summed E-state index contributed by atoms with van der Waals surface area (Å²) < 4.78 is 0. The van der Waals surface area contributed by atoms with E-state index in [1.54, 1.807) is 11.3 Å². The Bertz CT molecular complexity index is 607. The molecule has 2 heterocycles. The van der Waals surface area contributed by atoms with Crippen molar-refractivity contribution < 1.29 is 5.11 Å². The molecule has 6 heteroatoms. The van der Waals surface area contributed by atoms with Gasteiger partial charge in [0.25, 0.3) is 0 Å². The molecule has 1 aliphatic carbocycles. The smallest absolute Gasteiger partial charge is 0.226 e. The minimum atomic E-state index is -0.579. The third kappa shape index (κ3) is 3.27. The minimum Gasteiger partial charge on any atom is -0.388 e. The maximum atomic E-state index is 10.5. The van der Waals surface area contributed by atoms with E-state index in [-0.39, 0.29) is 0 Å². The summed E-state index contributed by atoms with van der Waals surface area (Å²) in [5, 5.41) is 20.1. The van der Waals surface area contributed by atoms with Crippen LogP contribution < -0.4 is 10.6 Å². The van der Waals surface area contributed by atoms with Crippen molar-refractivity contribution in [1.29, 1.82) is 0 Å². The third-order valence-corrected chi connectivity index (χ3v) is 4.78. The minimum absolute atomic E-state index is 0.558. The van der Waals surface area contributed by atoms with Crippen LogP contribution >= 0.6 is 11.3 Å². The van der Waals surface area contributed by atoms with Gasteiger partial charge in [0, 0.05) is 13.1 Å². The van der Waals surface area contributed by atoms with Gasteiger partial charge in [-0.3, -0.25) is 0 Å². The molecule has 114 valence electrons. The molecule has 1 saturated carbocycles. The predicted octanol–water partition coefficient (Wildman–Crippen LogP) is 3.23.